The molecule has 0 aromatic heterocycles. The lowest BCUT2D eigenvalue weighted by molar-refractivity contribution is 0.279. The highest BCUT2D eigenvalue weighted by Gasteiger charge is 2.21. The molecule has 1 unspecified atom stereocenters. The molecule has 0 amide bonds. The van der Waals surface area contributed by atoms with Gasteiger partial charge in [0.2, 0.25) is 0 Å². The Morgan fingerprint density at radius 3 is 1.14 bits per heavy atom. The van der Waals surface area contributed by atoms with Crippen molar-refractivity contribution < 1.29 is 18.1 Å². The van der Waals surface area contributed by atoms with Crippen molar-refractivity contribution in [3.05, 3.63) is 0 Å². The van der Waals surface area contributed by atoms with Gasteiger partial charge in [-0.2, -0.15) is 8.42 Å². The van der Waals surface area contributed by atoms with Gasteiger partial charge in [-0.05, 0) is 12.8 Å². The van der Waals surface area contributed by atoms with Crippen molar-refractivity contribution in [2.75, 3.05) is 6.61 Å². The highest BCUT2D eigenvalue weighted by atomic mass is 32.2. The van der Waals surface area contributed by atoms with Gasteiger partial charge in [-0.3, -0.25) is 4.55 Å². The van der Waals surface area contributed by atoms with Gasteiger partial charge in [-0.25, -0.2) is 0 Å². The summed E-state index contributed by atoms with van der Waals surface area (Å²) in [4.78, 5) is 0. The van der Waals surface area contributed by atoms with Gasteiger partial charge < -0.3 is 5.11 Å². The summed E-state index contributed by atoms with van der Waals surface area (Å²) in [6, 6.07) is 0. The van der Waals surface area contributed by atoms with Crippen LogP contribution in [-0.4, -0.2) is 29.9 Å². The van der Waals surface area contributed by atoms with E-state index in [2.05, 4.69) is 6.92 Å². The fourth-order valence-corrected chi connectivity index (χ4v) is 4.90. The normalized spacial score (nSPS) is 13.1. The molecule has 4 nitrogen and oxygen atoms in total. The van der Waals surface area contributed by atoms with Gasteiger partial charge in [0.05, 0.1) is 5.25 Å². The molecule has 0 aliphatic rings. The summed E-state index contributed by atoms with van der Waals surface area (Å²) in [5.41, 5.74) is 0. The van der Waals surface area contributed by atoms with Crippen LogP contribution in [0.5, 0.6) is 0 Å². The summed E-state index contributed by atoms with van der Waals surface area (Å²) in [6.45, 7) is 2.08. The average molecular weight is 435 g/mol. The fraction of sp³-hybridized carbons (Fsp3) is 1.00. The Morgan fingerprint density at radius 1 is 0.552 bits per heavy atom. The Balaban J connectivity index is 3.24. The van der Waals surface area contributed by atoms with E-state index in [9.17, 15) is 8.42 Å². The Morgan fingerprint density at radius 2 is 0.862 bits per heavy atom. The van der Waals surface area contributed by atoms with E-state index in [4.69, 9.17) is 9.66 Å². The molecule has 0 heterocycles. The van der Waals surface area contributed by atoms with Gasteiger partial charge in [0.15, 0.2) is 0 Å². The van der Waals surface area contributed by atoms with Crippen LogP contribution in [0.3, 0.4) is 0 Å². The SMILES string of the molecule is CCCCCCCCCCCCCCCCCCCCCC(CCO)S(=O)(=O)O. The average Bonchev–Trinajstić information content (AvgIpc) is 2.68. The number of aliphatic hydroxyl groups is 1. The second-order valence-corrected chi connectivity index (χ2v) is 10.5. The van der Waals surface area contributed by atoms with E-state index in [-0.39, 0.29) is 13.0 Å². The van der Waals surface area contributed by atoms with Gasteiger partial charge in [0, 0.05) is 6.61 Å². The van der Waals surface area contributed by atoms with Crippen LogP contribution in [0.15, 0.2) is 0 Å². The van der Waals surface area contributed by atoms with E-state index in [0.29, 0.717) is 6.42 Å². The minimum atomic E-state index is -4.01. The summed E-state index contributed by atoms with van der Waals surface area (Å²) < 4.78 is 31.5. The number of rotatable bonds is 23. The number of hydrogen-bond acceptors (Lipinski definition) is 3. The molecular formula is C24H50O4S. The zero-order valence-electron chi connectivity index (χ0n) is 19.3. The van der Waals surface area contributed by atoms with Crippen molar-refractivity contribution in [2.45, 2.75) is 147 Å². The van der Waals surface area contributed by atoms with E-state index in [1.165, 1.54) is 103 Å². The molecule has 0 saturated carbocycles. The van der Waals surface area contributed by atoms with Crippen LogP contribution < -0.4 is 0 Å². The van der Waals surface area contributed by atoms with Crippen LogP contribution in [0.25, 0.3) is 0 Å². The first-order valence-corrected chi connectivity index (χ1v) is 14.1. The third-order valence-electron chi connectivity index (χ3n) is 6.00. The van der Waals surface area contributed by atoms with Gasteiger partial charge in [-0.1, -0.05) is 129 Å². The third-order valence-corrected chi connectivity index (χ3v) is 7.32. The maximum atomic E-state index is 11.2. The van der Waals surface area contributed by atoms with Crippen molar-refractivity contribution in [1.82, 2.24) is 0 Å². The molecule has 0 aliphatic carbocycles. The molecule has 0 bridgehead atoms. The van der Waals surface area contributed by atoms with E-state index in [0.717, 1.165) is 19.3 Å². The fourth-order valence-electron chi connectivity index (χ4n) is 4.04. The Labute approximate surface area is 182 Å². The lowest BCUT2D eigenvalue weighted by Gasteiger charge is -2.12. The van der Waals surface area contributed by atoms with Crippen molar-refractivity contribution in [2.24, 2.45) is 0 Å². The monoisotopic (exact) mass is 434 g/mol. The van der Waals surface area contributed by atoms with Crippen molar-refractivity contribution in [3.63, 3.8) is 0 Å². The van der Waals surface area contributed by atoms with Crippen LogP contribution in [0.4, 0.5) is 0 Å². The predicted octanol–water partition coefficient (Wildman–Crippen LogP) is 7.45. The summed E-state index contributed by atoms with van der Waals surface area (Å²) in [5.74, 6) is 0. The molecule has 0 spiro atoms. The zero-order valence-corrected chi connectivity index (χ0v) is 20.1. The number of aliphatic hydroxyl groups excluding tert-OH is 1. The topological polar surface area (TPSA) is 74.6 Å². The molecule has 29 heavy (non-hydrogen) atoms. The smallest absolute Gasteiger partial charge is 0.267 e. The predicted molar refractivity (Wildman–Crippen MR) is 125 cm³/mol. The van der Waals surface area contributed by atoms with Gasteiger partial charge in [0.25, 0.3) is 10.1 Å². The largest absolute Gasteiger partial charge is 0.396 e. The maximum Gasteiger partial charge on any atom is 0.267 e. The number of hydrogen-bond donors (Lipinski definition) is 2. The quantitative estimate of drug-likeness (QED) is 0.129. The highest BCUT2D eigenvalue weighted by molar-refractivity contribution is 7.86. The molecular weight excluding hydrogens is 384 g/mol. The molecule has 0 saturated heterocycles. The molecule has 0 rings (SSSR count). The van der Waals surface area contributed by atoms with E-state index < -0.39 is 15.4 Å². The molecule has 1 atom stereocenters. The van der Waals surface area contributed by atoms with Crippen molar-refractivity contribution >= 4 is 10.1 Å². The second-order valence-electron chi connectivity index (χ2n) is 8.80. The Kier molecular flexibility index (Phi) is 21.0. The molecule has 176 valence electrons. The lowest BCUT2D eigenvalue weighted by atomic mass is 10.0. The van der Waals surface area contributed by atoms with Crippen LogP contribution in [0.2, 0.25) is 0 Å². The summed E-state index contributed by atoms with van der Waals surface area (Å²) in [7, 11) is -4.01. The zero-order chi connectivity index (χ0) is 21.6. The van der Waals surface area contributed by atoms with Gasteiger partial charge >= 0.3 is 0 Å². The number of unbranched alkanes of at least 4 members (excludes halogenated alkanes) is 18. The minimum Gasteiger partial charge on any atom is -0.396 e. The molecule has 0 aliphatic heterocycles. The molecule has 0 fully saturated rings. The van der Waals surface area contributed by atoms with E-state index >= 15 is 0 Å². The standard InChI is InChI=1S/C24H50O4S/c1-2-3-4-5-6-7-8-9-10-11-12-13-14-15-16-17-18-19-20-21-24(22-23-25)29(26,27)28/h24-25H,2-23H2,1H3,(H,26,27,28). The Bertz CT molecular complexity index is 423. The van der Waals surface area contributed by atoms with E-state index in [1.807, 2.05) is 0 Å². The molecule has 5 heteroatoms. The first-order chi connectivity index (χ1) is 14.0. The van der Waals surface area contributed by atoms with Crippen LogP contribution in [0.1, 0.15) is 142 Å². The first-order valence-electron chi connectivity index (χ1n) is 12.6. The van der Waals surface area contributed by atoms with Gasteiger partial charge in [0.1, 0.15) is 0 Å². The maximum absolute atomic E-state index is 11.2. The molecule has 0 aromatic rings. The molecule has 0 radical (unpaired) electrons. The summed E-state index contributed by atoms with van der Waals surface area (Å²) in [6.07, 6.45) is 25.6. The highest BCUT2D eigenvalue weighted by Crippen LogP contribution is 2.17. The van der Waals surface area contributed by atoms with E-state index in [1.54, 1.807) is 0 Å². The van der Waals surface area contributed by atoms with Crippen LogP contribution >= 0.6 is 0 Å². The minimum absolute atomic E-state index is 0.137. The summed E-state index contributed by atoms with van der Waals surface area (Å²) in [5, 5.41) is 8.09. The molecule has 2 N–H and O–H groups in total. The first kappa shape index (κ1) is 28.9. The van der Waals surface area contributed by atoms with Crippen LogP contribution in [-0.2, 0) is 10.1 Å². The lowest BCUT2D eigenvalue weighted by Crippen LogP contribution is -2.21. The third kappa shape index (κ3) is 20.9. The Hall–Kier alpha value is -0.130. The van der Waals surface area contributed by atoms with Crippen molar-refractivity contribution in [3.8, 4) is 0 Å². The second kappa shape index (κ2) is 21.1. The van der Waals surface area contributed by atoms with Gasteiger partial charge in [-0.15, -0.1) is 0 Å². The van der Waals surface area contributed by atoms with Crippen molar-refractivity contribution in [1.29, 1.82) is 0 Å². The van der Waals surface area contributed by atoms with Crippen LogP contribution in [0, 0.1) is 0 Å². The summed E-state index contributed by atoms with van der Waals surface area (Å²) >= 11 is 0. The molecule has 0 aromatic carbocycles.